The number of nitrogens with zero attached hydrogens (tertiary/aromatic N) is 1. The number of carboxylic acids is 2. The summed E-state index contributed by atoms with van der Waals surface area (Å²) in [4.78, 5) is 20.8. The van der Waals surface area contributed by atoms with Gasteiger partial charge in [0.15, 0.2) is 11.5 Å². The highest BCUT2D eigenvalue weighted by molar-refractivity contribution is 6.27. The number of aliphatic carboxylic acids is 2. The van der Waals surface area contributed by atoms with Crippen LogP contribution >= 0.6 is 0 Å². The van der Waals surface area contributed by atoms with Crippen molar-refractivity contribution in [3.63, 3.8) is 0 Å². The van der Waals surface area contributed by atoms with E-state index in [-0.39, 0.29) is 0 Å². The Kier molecular flexibility index (Phi) is 11.4. The molecule has 0 aromatic heterocycles. The van der Waals surface area contributed by atoms with Crippen molar-refractivity contribution in [3.05, 3.63) is 29.8 Å². The molecule has 1 aliphatic rings. The summed E-state index contributed by atoms with van der Waals surface area (Å²) in [6.45, 7) is 6.40. The van der Waals surface area contributed by atoms with E-state index in [0.717, 1.165) is 36.6 Å². The Balaban J connectivity index is 0.000000568. The van der Waals surface area contributed by atoms with Crippen molar-refractivity contribution < 1.29 is 29.3 Å². The van der Waals surface area contributed by atoms with Gasteiger partial charge in [-0.25, -0.2) is 9.59 Å². The molecule has 0 radical (unpaired) electrons. The molecule has 2 rings (SSSR count). The zero-order chi connectivity index (χ0) is 20.8. The van der Waals surface area contributed by atoms with Gasteiger partial charge in [0.1, 0.15) is 0 Å². The number of carboxylic acid groups (broad SMARTS) is 2. The molecule has 0 atom stereocenters. The zero-order valence-corrected chi connectivity index (χ0v) is 16.7. The third-order valence-corrected chi connectivity index (χ3v) is 4.30. The van der Waals surface area contributed by atoms with Crippen molar-refractivity contribution in [1.82, 2.24) is 4.90 Å². The highest BCUT2D eigenvalue weighted by Crippen LogP contribution is 2.28. The summed E-state index contributed by atoms with van der Waals surface area (Å²) in [6, 6.07) is 6.08. The number of rotatable bonds is 7. The highest BCUT2D eigenvalue weighted by atomic mass is 16.5. The monoisotopic (exact) mass is 393 g/mol. The molecule has 7 nitrogen and oxygen atoms in total. The Bertz CT molecular complexity index is 624. The standard InChI is InChI=1S/C19H29NO2.C2H2O4/c1-3-9-17-10-11-18(19(16-17)21-2)22-15-8-14-20-12-6-4-5-7-13-20;3-1(4)2(5)6/h3,9-11,16H,4-8,12-15H2,1-2H3;(H,3,4)(H,5,6). The molecular formula is C21H31NO6. The van der Waals surface area contributed by atoms with Crippen molar-refractivity contribution in [2.45, 2.75) is 39.0 Å². The fourth-order valence-electron chi connectivity index (χ4n) is 2.93. The van der Waals surface area contributed by atoms with E-state index in [1.165, 1.54) is 38.8 Å². The fourth-order valence-corrected chi connectivity index (χ4v) is 2.93. The molecule has 1 aromatic rings. The van der Waals surface area contributed by atoms with E-state index in [1.54, 1.807) is 7.11 Å². The Labute approximate surface area is 166 Å². The van der Waals surface area contributed by atoms with E-state index in [4.69, 9.17) is 29.3 Å². The minimum atomic E-state index is -1.82. The summed E-state index contributed by atoms with van der Waals surface area (Å²) in [6.07, 6.45) is 10.6. The van der Waals surface area contributed by atoms with Gasteiger partial charge >= 0.3 is 11.9 Å². The molecule has 1 aromatic carbocycles. The third-order valence-electron chi connectivity index (χ3n) is 4.30. The van der Waals surface area contributed by atoms with Crippen molar-refractivity contribution in [2.24, 2.45) is 0 Å². The summed E-state index contributed by atoms with van der Waals surface area (Å²) < 4.78 is 11.3. The van der Waals surface area contributed by atoms with Gasteiger partial charge in [-0.2, -0.15) is 0 Å². The van der Waals surface area contributed by atoms with Crippen LogP contribution in [-0.4, -0.2) is 60.4 Å². The largest absolute Gasteiger partial charge is 0.493 e. The molecule has 0 bridgehead atoms. The predicted molar refractivity (Wildman–Crippen MR) is 108 cm³/mol. The summed E-state index contributed by atoms with van der Waals surface area (Å²) in [5.74, 6) is -2.00. The Morgan fingerprint density at radius 1 is 1.07 bits per heavy atom. The molecule has 0 aliphatic carbocycles. The first-order valence-electron chi connectivity index (χ1n) is 9.60. The maximum Gasteiger partial charge on any atom is 0.414 e. The molecule has 0 amide bonds. The number of allylic oxidation sites excluding steroid dienone is 1. The lowest BCUT2D eigenvalue weighted by Crippen LogP contribution is -2.26. The third kappa shape index (κ3) is 9.41. The minimum Gasteiger partial charge on any atom is -0.493 e. The second-order valence-electron chi connectivity index (χ2n) is 6.48. The smallest absolute Gasteiger partial charge is 0.414 e. The quantitative estimate of drug-likeness (QED) is 0.540. The van der Waals surface area contributed by atoms with Gasteiger partial charge in [0.2, 0.25) is 0 Å². The van der Waals surface area contributed by atoms with Crippen LogP contribution in [0.5, 0.6) is 11.5 Å². The highest BCUT2D eigenvalue weighted by Gasteiger charge is 2.09. The Hall–Kier alpha value is -2.54. The second-order valence-corrected chi connectivity index (χ2v) is 6.48. The maximum atomic E-state index is 9.10. The van der Waals surface area contributed by atoms with Gasteiger partial charge in [0.25, 0.3) is 0 Å². The average molecular weight is 393 g/mol. The van der Waals surface area contributed by atoms with Crippen LogP contribution in [0.2, 0.25) is 0 Å². The van der Waals surface area contributed by atoms with Crippen LogP contribution in [0, 0.1) is 0 Å². The average Bonchev–Trinajstić information content (AvgIpc) is 2.95. The van der Waals surface area contributed by atoms with Gasteiger partial charge in [-0.1, -0.05) is 31.1 Å². The van der Waals surface area contributed by atoms with Gasteiger partial charge in [0, 0.05) is 6.54 Å². The first kappa shape index (κ1) is 23.5. The molecular weight excluding hydrogens is 362 g/mol. The van der Waals surface area contributed by atoms with Gasteiger partial charge in [-0.15, -0.1) is 0 Å². The number of ether oxygens (including phenoxy) is 2. The molecule has 156 valence electrons. The molecule has 0 saturated carbocycles. The number of likely N-dealkylation sites (tertiary alicyclic amines) is 1. The molecule has 1 fully saturated rings. The van der Waals surface area contributed by atoms with E-state index in [2.05, 4.69) is 17.0 Å². The number of methoxy groups -OCH3 is 1. The van der Waals surface area contributed by atoms with E-state index < -0.39 is 11.9 Å². The van der Waals surface area contributed by atoms with Gasteiger partial charge in [0.05, 0.1) is 13.7 Å². The van der Waals surface area contributed by atoms with E-state index >= 15 is 0 Å². The topological polar surface area (TPSA) is 96.3 Å². The van der Waals surface area contributed by atoms with Crippen molar-refractivity contribution in [3.8, 4) is 11.5 Å². The summed E-state index contributed by atoms with van der Waals surface area (Å²) >= 11 is 0. The molecule has 28 heavy (non-hydrogen) atoms. The van der Waals surface area contributed by atoms with Crippen molar-refractivity contribution >= 4 is 18.0 Å². The van der Waals surface area contributed by atoms with Crippen LogP contribution < -0.4 is 9.47 Å². The first-order valence-corrected chi connectivity index (χ1v) is 9.60. The van der Waals surface area contributed by atoms with Crippen molar-refractivity contribution in [2.75, 3.05) is 33.4 Å². The lowest BCUT2D eigenvalue weighted by molar-refractivity contribution is -0.159. The number of hydrogen-bond donors (Lipinski definition) is 2. The summed E-state index contributed by atoms with van der Waals surface area (Å²) in [7, 11) is 1.69. The van der Waals surface area contributed by atoms with Crippen molar-refractivity contribution in [1.29, 1.82) is 0 Å². The lowest BCUT2D eigenvalue weighted by Gasteiger charge is -2.19. The maximum absolute atomic E-state index is 9.10. The van der Waals surface area contributed by atoms with E-state index in [0.29, 0.717) is 0 Å². The van der Waals surface area contributed by atoms with Crippen LogP contribution in [0.15, 0.2) is 24.3 Å². The number of carbonyl (C=O) groups is 2. The van der Waals surface area contributed by atoms with Crippen LogP contribution in [-0.2, 0) is 9.59 Å². The van der Waals surface area contributed by atoms with Gasteiger partial charge < -0.3 is 24.6 Å². The lowest BCUT2D eigenvalue weighted by atomic mass is 10.2. The minimum absolute atomic E-state index is 0.746. The zero-order valence-electron chi connectivity index (χ0n) is 16.7. The van der Waals surface area contributed by atoms with Crippen LogP contribution in [0.1, 0.15) is 44.6 Å². The molecule has 0 unspecified atom stereocenters. The van der Waals surface area contributed by atoms with E-state index in [9.17, 15) is 0 Å². The summed E-state index contributed by atoms with van der Waals surface area (Å²) in [5, 5.41) is 14.8. The molecule has 1 aliphatic heterocycles. The SMILES string of the molecule is CC=Cc1ccc(OCCCN2CCCCCC2)c(OC)c1.O=C(O)C(=O)O. The molecule has 1 saturated heterocycles. The Morgan fingerprint density at radius 3 is 2.25 bits per heavy atom. The normalized spacial score (nSPS) is 14.6. The molecule has 7 heteroatoms. The molecule has 0 spiro atoms. The van der Waals surface area contributed by atoms with Crippen LogP contribution in [0.3, 0.4) is 0 Å². The molecule has 1 heterocycles. The second kappa shape index (κ2) is 13.6. The van der Waals surface area contributed by atoms with Crippen LogP contribution in [0.4, 0.5) is 0 Å². The molecule has 2 N–H and O–H groups in total. The first-order chi connectivity index (χ1) is 13.5. The fraction of sp³-hybridized carbons (Fsp3) is 0.524. The number of benzene rings is 1. The summed E-state index contributed by atoms with van der Waals surface area (Å²) in [5.41, 5.74) is 1.14. The van der Waals surface area contributed by atoms with Gasteiger partial charge in [-0.3, -0.25) is 0 Å². The van der Waals surface area contributed by atoms with E-state index in [1.807, 2.05) is 25.1 Å². The van der Waals surface area contributed by atoms with Gasteiger partial charge in [-0.05, 0) is 57.0 Å². The predicted octanol–water partition coefficient (Wildman–Crippen LogP) is 3.53. The Morgan fingerprint density at radius 2 is 1.71 bits per heavy atom. The number of hydrogen-bond acceptors (Lipinski definition) is 5. The van der Waals surface area contributed by atoms with Crippen LogP contribution in [0.25, 0.3) is 6.08 Å².